The van der Waals surface area contributed by atoms with Gasteiger partial charge in [-0.15, -0.1) is 0 Å². The highest BCUT2D eigenvalue weighted by molar-refractivity contribution is 7.92. The van der Waals surface area contributed by atoms with Gasteiger partial charge in [-0.05, 0) is 25.5 Å². The smallest absolute Gasteiger partial charge is 0.241 e. The minimum absolute atomic E-state index is 0.0108. The van der Waals surface area contributed by atoms with Crippen LogP contribution in [0.15, 0.2) is 23.2 Å². The van der Waals surface area contributed by atoms with Gasteiger partial charge in [-0.25, -0.2) is 26.5 Å². The molecule has 2 heterocycles. The van der Waals surface area contributed by atoms with E-state index in [-0.39, 0.29) is 28.0 Å². The summed E-state index contributed by atoms with van der Waals surface area (Å²) >= 11 is 5.65. The van der Waals surface area contributed by atoms with Gasteiger partial charge in [0.2, 0.25) is 10.0 Å². The zero-order valence-electron chi connectivity index (χ0n) is 10.1. The van der Waals surface area contributed by atoms with Crippen molar-refractivity contribution in [3.8, 4) is 0 Å². The molecule has 1 N–H and O–H groups in total. The molecule has 1 aromatic heterocycles. The molecule has 1 aromatic rings. The topological polar surface area (TPSA) is 93.2 Å². The van der Waals surface area contributed by atoms with Crippen molar-refractivity contribution in [3.63, 3.8) is 0 Å². The summed E-state index contributed by atoms with van der Waals surface area (Å²) in [6, 6.07) is 2.53. The molecule has 6 nitrogen and oxygen atoms in total. The molecule has 1 unspecified atom stereocenters. The zero-order chi connectivity index (χ0) is 14.3. The molecule has 2 rings (SSSR count). The highest BCUT2D eigenvalue weighted by atomic mass is 35.5. The molecule has 0 saturated carbocycles. The van der Waals surface area contributed by atoms with Crippen molar-refractivity contribution < 1.29 is 16.8 Å². The first-order chi connectivity index (χ1) is 8.62. The summed E-state index contributed by atoms with van der Waals surface area (Å²) in [7, 11) is -7.00. The van der Waals surface area contributed by atoms with Gasteiger partial charge in [-0.2, -0.15) is 0 Å². The van der Waals surface area contributed by atoms with E-state index < -0.39 is 25.4 Å². The largest absolute Gasteiger partial charge is 0.244 e. The molecule has 1 atom stereocenters. The van der Waals surface area contributed by atoms with Gasteiger partial charge >= 0.3 is 0 Å². The fraction of sp³-hybridized carbons (Fsp3) is 0.500. The lowest BCUT2D eigenvalue weighted by atomic mass is 10.0. The van der Waals surface area contributed by atoms with E-state index in [0.29, 0.717) is 0 Å². The van der Waals surface area contributed by atoms with Crippen LogP contribution < -0.4 is 4.72 Å². The Morgan fingerprint density at radius 3 is 2.68 bits per heavy atom. The lowest BCUT2D eigenvalue weighted by molar-refractivity contribution is 0.461. The molecule has 106 valence electrons. The van der Waals surface area contributed by atoms with Crippen LogP contribution in [-0.2, 0) is 19.9 Å². The standard InChI is InChI=1S/C10H13ClN2O4S2/c1-10(3-5-18(14,15)7-10)13-19(16,17)8-2-4-12-9(11)6-8/h2,4,6,13H,3,5,7H2,1H3. The number of rotatable bonds is 3. The second kappa shape index (κ2) is 4.69. The van der Waals surface area contributed by atoms with Gasteiger partial charge in [-0.3, -0.25) is 0 Å². The van der Waals surface area contributed by atoms with Crippen LogP contribution in [0.5, 0.6) is 0 Å². The summed E-state index contributed by atoms with van der Waals surface area (Å²) in [5.74, 6) is -0.207. The van der Waals surface area contributed by atoms with Crippen LogP contribution in [0.1, 0.15) is 13.3 Å². The molecule has 1 aliphatic rings. The van der Waals surface area contributed by atoms with Crippen molar-refractivity contribution in [3.05, 3.63) is 23.5 Å². The van der Waals surface area contributed by atoms with E-state index in [1.165, 1.54) is 18.3 Å². The number of pyridine rings is 1. The fourth-order valence-corrected chi connectivity index (χ4v) is 5.90. The number of hydrogen-bond donors (Lipinski definition) is 1. The maximum Gasteiger partial charge on any atom is 0.241 e. The Morgan fingerprint density at radius 2 is 2.16 bits per heavy atom. The van der Waals surface area contributed by atoms with Crippen LogP contribution in [0.25, 0.3) is 0 Å². The number of hydrogen-bond acceptors (Lipinski definition) is 5. The van der Waals surface area contributed by atoms with E-state index in [4.69, 9.17) is 11.6 Å². The Morgan fingerprint density at radius 1 is 1.47 bits per heavy atom. The lowest BCUT2D eigenvalue weighted by Crippen LogP contribution is -2.46. The Kier molecular flexibility index (Phi) is 3.63. The maximum absolute atomic E-state index is 12.2. The van der Waals surface area contributed by atoms with Crippen molar-refractivity contribution in [1.29, 1.82) is 0 Å². The fourth-order valence-electron chi connectivity index (χ4n) is 2.03. The number of sulfone groups is 1. The highest BCUT2D eigenvalue weighted by Gasteiger charge is 2.41. The minimum atomic E-state index is -3.81. The highest BCUT2D eigenvalue weighted by Crippen LogP contribution is 2.25. The van der Waals surface area contributed by atoms with E-state index in [1.54, 1.807) is 6.92 Å². The average Bonchev–Trinajstić information content (AvgIpc) is 2.51. The van der Waals surface area contributed by atoms with E-state index >= 15 is 0 Å². The van der Waals surface area contributed by atoms with Crippen molar-refractivity contribution in [1.82, 2.24) is 9.71 Å². The summed E-state index contributed by atoms with van der Waals surface area (Å²) in [5, 5.41) is 0.0621. The van der Waals surface area contributed by atoms with Gasteiger partial charge in [0.1, 0.15) is 5.15 Å². The number of halogens is 1. The molecule has 1 fully saturated rings. The quantitative estimate of drug-likeness (QED) is 0.821. The van der Waals surface area contributed by atoms with E-state index in [9.17, 15) is 16.8 Å². The van der Waals surface area contributed by atoms with E-state index in [0.717, 1.165) is 0 Å². The Labute approximate surface area is 117 Å². The van der Waals surface area contributed by atoms with Crippen LogP contribution in [0.4, 0.5) is 0 Å². The molecule has 0 aliphatic carbocycles. The first-order valence-corrected chi connectivity index (χ1v) is 9.16. The molecule has 0 radical (unpaired) electrons. The number of sulfonamides is 1. The predicted octanol–water partition coefficient (Wildman–Crippen LogP) is 0.591. The zero-order valence-corrected chi connectivity index (χ0v) is 12.5. The molecule has 0 aromatic carbocycles. The van der Waals surface area contributed by atoms with E-state index in [2.05, 4.69) is 9.71 Å². The van der Waals surface area contributed by atoms with Gasteiger partial charge in [-0.1, -0.05) is 11.6 Å². The van der Waals surface area contributed by atoms with Gasteiger partial charge in [0, 0.05) is 11.7 Å². The van der Waals surface area contributed by atoms with Crippen molar-refractivity contribution >= 4 is 31.5 Å². The minimum Gasteiger partial charge on any atom is -0.244 e. The van der Waals surface area contributed by atoms with Crippen LogP contribution in [0.3, 0.4) is 0 Å². The summed E-state index contributed by atoms with van der Waals surface area (Å²) in [4.78, 5) is 3.67. The van der Waals surface area contributed by atoms with Crippen molar-refractivity contribution in [2.24, 2.45) is 0 Å². The second-order valence-electron chi connectivity index (χ2n) is 4.82. The lowest BCUT2D eigenvalue weighted by Gasteiger charge is -2.23. The third-order valence-corrected chi connectivity index (χ3v) is 6.64. The van der Waals surface area contributed by atoms with E-state index in [1.807, 2.05) is 0 Å². The molecule has 1 saturated heterocycles. The summed E-state index contributed by atoms with van der Waals surface area (Å²) in [6.45, 7) is 1.58. The third kappa shape index (κ3) is 3.44. The van der Waals surface area contributed by atoms with Crippen LogP contribution in [0.2, 0.25) is 5.15 Å². The Hall–Kier alpha value is -0.700. The molecule has 0 spiro atoms. The van der Waals surface area contributed by atoms with Gasteiger partial charge in [0.05, 0.1) is 16.4 Å². The Balaban J connectivity index is 2.28. The predicted molar refractivity (Wildman–Crippen MR) is 71.2 cm³/mol. The molecule has 0 bridgehead atoms. The van der Waals surface area contributed by atoms with Crippen molar-refractivity contribution in [2.75, 3.05) is 11.5 Å². The molecule has 0 amide bonds. The summed E-state index contributed by atoms with van der Waals surface area (Å²) in [6.07, 6.45) is 1.54. The monoisotopic (exact) mass is 324 g/mol. The number of nitrogens with zero attached hydrogens (tertiary/aromatic N) is 1. The van der Waals surface area contributed by atoms with Gasteiger partial charge < -0.3 is 0 Å². The van der Waals surface area contributed by atoms with Gasteiger partial charge in [0.25, 0.3) is 0 Å². The van der Waals surface area contributed by atoms with Crippen molar-refractivity contribution in [2.45, 2.75) is 23.8 Å². The SMILES string of the molecule is CC1(NS(=O)(=O)c2ccnc(Cl)c2)CCS(=O)(=O)C1. The molecular weight excluding hydrogens is 312 g/mol. The molecule has 1 aliphatic heterocycles. The van der Waals surface area contributed by atoms with Crippen LogP contribution >= 0.6 is 11.6 Å². The first-order valence-electron chi connectivity index (χ1n) is 5.48. The number of nitrogens with one attached hydrogen (secondary N) is 1. The third-order valence-electron chi connectivity index (χ3n) is 2.89. The average molecular weight is 325 g/mol. The van der Waals surface area contributed by atoms with Gasteiger partial charge in [0.15, 0.2) is 9.84 Å². The second-order valence-corrected chi connectivity index (χ2v) is 9.08. The summed E-state index contributed by atoms with van der Waals surface area (Å²) < 4.78 is 49.7. The van der Waals surface area contributed by atoms with Crippen LogP contribution in [0, 0.1) is 0 Å². The molecule has 19 heavy (non-hydrogen) atoms. The first kappa shape index (κ1) is 14.7. The molecule has 9 heteroatoms. The Bertz CT molecular complexity index is 702. The maximum atomic E-state index is 12.2. The normalized spacial score (nSPS) is 26.4. The molecular formula is C10H13ClN2O4S2. The summed E-state index contributed by atoms with van der Waals surface area (Å²) in [5.41, 5.74) is -0.979. The number of aromatic nitrogens is 1. The van der Waals surface area contributed by atoms with Crippen LogP contribution in [-0.4, -0.2) is 38.9 Å².